The zero-order valence-electron chi connectivity index (χ0n) is 25.5. The van der Waals surface area contributed by atoms with Gasteiger partial charge in [-0.25, -0.2) is 19.5 Å². The first-order valence-electron chi connectivity index (χ1n) is 14.4. The molecule has 42 heavy (non-hydrogen) atoms. The molecule has 224 valence electrons. The quantitative estimate of drug-likeness (QED) is 0.260. The van der Waals surface area contributed by atoms with Gasteiger partial charge in [-0.2, -0.15) is 9.61 Å². The van der Waals surface area contributed by atoms with Crippen LogP contribution in [0.25, 0.3) is 16.7 Å². The summed E-state index contributed by atoms with van der Waals surface area (Å²) in [6, 6.07) is 11.0. The molecule has 0 saturated carbocycles. The van der Waals surface area contributed by atoms with Crippen LogP contribution in [0.15, 0.2) is 48.8 Å². The summed E-state index contributed by atoms with van der Waals surface area (Å²) in [5.74, 6) is 1.21. The molecule has 0 aliphatic carbocycles. The topological polar surface area (TPSA) is 103 Å². The number of rotatable bonds is 5. The average Bonchev–Trinajstić information content (AvgIpc) is 3.55. The van der Waals surface area contributed by atoms with E-state index < -0.39 is 17.3 Å². The number of fused-ring (bicyclic) bond motifs is 2. The van der Waals surface area contributed by atoms with E-state index >= 15 is 0 Å². The van der Waals surface area contributed by atoms with Gasteiger partial charge in [-0.05, 0) is 91.6 Å². The molecular weight excluding hydrogens is 536 g/mol. The maximum absolute atomic E-state index is 13.9. The van der Waals surface area contributed by atoms with E-state index in [1.165, 1.54) is 4.90 Å². The normalized spacial score (nSPS) is 16.1. The molecule has 11 heteroatoms. The molecule has 4 aromatic rings. The second-order valence-corrected chi connectivity index (χ2v) is 12.5. The fourth-order valence-corrected chi connectivity index (χ4v) is 5.16. The minimum absolute atomic E-state index is 0.0186. The Morgan fingerprint density at radius 3 is 2.38 bits per heavy atom. The number of nitrogens with zero attached hydrogens (tertiary/aromatic N) is 6. The van der Waals surface area contributed by atoms with Crippen molar-refractivity contribution in [1.82, 2.24) is 24.1 Å². The summed E-state index contributed by atoms with van der Waals surface area (Å²) < 4.78 is 20.9. The summed E-state index contributed by atoms with van der Waals surface area (Å²) in [6.07, 6.45) is 4.47. The Hall–Kier alpha value is -4.28. The molecule has 1 atom stereocenters. The number of ether oxygens (including phenoxy) is 3. The van der Waals surface area contributed by atoms with Crippen molar-refractivity contribution in [3.8, 4) is 5.75 Å². The first-order valence-corrected chi connectivity index (χ1v) is 14.4. The molecule has 1 aromatic carbocycles. The molecule has 0 spiro atoms. The first-order chi connectivity index (χ1) is 19.8. The van der Waals surface area contributed by atoms with Crippen LogP contribution in [0.5, 0.6) is 5.75 Å². The minimum atomic E-state index is -0.727. The highest BCUT2D eigenvalue weighted by atomic mass is 16.6. The summed E-state index contributed by atoms with van der Waals surface area (Å²) in [4.78, 5) is 35.0. The van der Waals surface area contributed by atoms with Gasteiger partial charge in [-0.1, -0.05) is 0 Å². The van der Waals surface area contributed by atoms with Crippen molar-refractivity contribution in [2.24, 2.45) is 0 Å². The third-order valence-electron chi connectivity index (χ3n) is 6.81. The second-order valence-electron chi connectivity index (χ2n) is 12.5. The van der Waals surface area contributed by atoms with Gasteiger partial charge in [0.1, 0.15) is 22.6 Å². The third kappa shape index (κ3) is 6.14. The fourth-order valence-electron chi connectivity index (χ4n) is 5.16. The number of anilines is 2. The van der Waals surface area contributed by atoms with Crippen molar-refractivity contribution in [2.45, 2.75) is 78.6 Å². The van der Waals surface area contributed by atoms with Gasteiger partial charge in [0, 0.05) is 25.4 Å². The molecule has 3 aromatic heterocycles. The van der Waals surface area contributed by atoms with Crippen LogP contribution < -0.4 is 9.64 Å². The van der Waals surface area contributed by atoms with Gasteiger partial charge < -0.3 is 23.7 Å². The van der Waals surface area contributed by atoms with Crippen molar-refractivity contribution in [2.75, 3.05) is 24.6 Å². The SMILES string of the molecule is CCOc1ccc(N(C(=O)OC(C)(C)C)c2c3ccn([C@H]4CCCN(C(=O)OC(C)(C)C)C4)c3nc3ccnn23)cc1. The van der Waals surface area contributed by atoms with Gasteiger partial charge in [0.2, 0.25) is 0 Å². The molecule has 11 nitrogen and oxygen atoms in total. The summed E-state index contributed by atoms with van der Waals surface area (Å²) in [5, 5.41) is 5.26. The number of carbonyl (C=O) groups excluding carboxylic acids is 2. The van der Waals surface area contributed by atoms with Crippen molar-refractivity contribution in [3.63, 3.8) is 0 Å². The van der Waals surface area contributed by atoms with Gasteiger partial charge in [-0.15, -0.1) is 0 Å². The largest absolute Gasteiger partial charge is 0.494 e. The highest BCUT2D eigenvalue weighted by molar-refractivity contribution is 6.04. The zero-order chi connectivity index (χ0) is 30.2. The lowest BCUT2D eigenvalue weighted by Gasteiger charge is -2.35. The molecule has 1 saturated heterocycles. The summed E-state index contributed by atoms with van der Waals surface area (Å²) in [5.41, 5.74) is 0.568. The standard InChI is InChI=1S/C31H40N6O5/c1-8-40-23-13-11-21(12-14-23)36(29(39)42-31(5,6)7)27-24-16-19-35(26(24)33-25-15-17-32-37(25)27)22-10-9-18-34(20-22)28(38)41-30(2,3)4/h11-17,19,22H,8-10,18,20H2,1-7H3/t22-/m0/s1. The van der Waals surface area contributed by atoms with Gasteiger partial charge in [0.15, 0.2) is 11.5 Å². The van der Waals surface area contributed by atoms with Crippen LogP contribution in [-0.2, 0) is 9.47 Å². The van der Waals surface area contributed by atoms with E-state index in [2.05, 4.69) is 9.67 Å². The Labute approximate surface area is 245 Å². The Morgan fingerprint density at radius 1 is 1.00 bits per heavy atom. The number of hydrogen-bond acceptors (Lipinski definition) is 7. The van der Waals surface area contributed by atoms with E-state index in [-0.39, 0.29) is 12.1 Å². The van der Waals surface area contributed by atoms with Gasteiger partial charge in [0.25, 0.3) is 0 Å². The number of carbonyl (C=O) groups is 2. The van der Waals surface area contributed by atoms with Crippen LogP contribution in [0.1, 0.15) is 67.3 Å². The van der Waals surface area contributed by atoms with E-state index in [1.54, 1.807) is 21.7 Å². The molecule has 0 unspecified atom stereocenters. The predicted octanol–water partition coefficient (Wildman–Crippen LogP) is 6.73. The zero-order valence-corrected chi connectivity index (χ0v) is 25.5. The monoisotopic (exact) mass is 576 g/mol. The first kappa shape index (κ1) is 29.2. The van der Waals surface area contributed by atoms with Gasteiger partial charge in [-0.3, -0.25) is 0 Å². The molecule has 1 fully saturated rings. The maximum Gasteiger partial charge on any atom is 0.420 e. The number of aromatic nitrogens is 4. The molecule has 0 bridgehead atoms. The van der Waals surface area contributed by atoms with Crippen LogP contribution in [0.3, 0.4) is 0 Å². The van der Waals surface area contributed by atoms with E-state index in [9.17, 15) is 9.59 Å². The molecule has 0 radical (unpaired) electrons. The molecule has 2 amide bonds. The molecular formula is C31H40N6O5. The summed E-state index contributed by atoms with van der Waals surface area (Å²) >= 11 is 0. The molecule has 4 heterocycles. The second kappa shape index (κ2) is 11.2. The lowest BCUT2D eigenvalue weighted by Crippen LogP contribution is -2.43. The number of likely N-dealkylation sites (tertiary alicyclic amines) is 1. The predicted molar refractivity (Wildman–Crippen MR) is 161 cm³/mol. The van der Waals surface area contributed by atoms with Crippen LogP contribution in [0.2, 0.25) is 0 Å². The van der Waals surface area contributed by atoms with E-state index in [1.807, 2.05) is 85.0 Å². The Kier molecular flexibility index (Phi) is 7.78. The molecule has 0 N–H and O–H groups in total. The lowest BCUT2D eigenvalue weighted by atomic mass is 10.1. The van der Waals surface area contributed by atoms with Gasteiger partial charge >= 0.3 is 12.2 Å². The average molecular weight is 577 g/mol. The number of piperidine rings is 1. The van der Waals surface area contributed by atoms with Gasteiger partial charge in [0.05, 0.1) is 29.9 Å². The Bertz CT molecular complexity index is 1580. The number of benzene rings is 1. The van der Waals surface area contributed by atoms with E-state index in [0.717, 1.165) is 18.2 Å². The van der Waals surface area contributed by atoms with Crippen molar-refractivity contribution in [3.05, 3.63) is 48.8 Å². The molecule has 1 aliphatic heterocycles. The summed E-state index contributed by atoms with van der Waals surface area (Å²) in [7, 11) is 0. The highest BCUT2D eigenvalue weighted by Crippen LogP contribution is 2.37. The van der Waals surface area contributed by atoms with Crippen LogP contribution >= 0.6 is 0 Å². The van der Waals surface area contributed by atoms with Crippen LogP contribution in [-0.4, -0.2) is 67.2 Å². The van der Waals surface area contributed by atoms with E-state index in [0.29, 0.717) is 48.2 Å². The third-order valence-corrected chi connectivity index (χ3v) is 6.81. The van der Waals surface area contributed by atoms with Crippen LogP contribution in [0.4, 0.5) is 21.1 Å². The Balaban J connectivity index is 1.61. The van der Waals surface area contributed by atoms with Crippen LogP contribution in [0, 0.1) is 0 Å². The molecule has 5 rings (SSSR count). The number of amides is 2. The highest BCUT2D eigenvalue weighted by Gasteiger charge is 2.32. The maximum atomic E-state index is 13.9. The lowest BCUT2D eigenvalue weighted by molar-refractivity contribution is 0.0174. The minimum Gasteiger partial charge on any atom is -0.494 e. The summed E-state index contributed by atoms with van der Waals surface area (Å²) in [6.45, 7) is 14.7. The fraction of sp³-hybridized carbons (Fsp3) is 0.484. The van der Waals surface area contributed by atoms with Crippen molar-refractivity contribution >= 4 is 40.4 Å². The van der Waals surface area contributed by atoms with Crippen molar-refractivity contribution < 1.29 is 23.8 Å². The Morgan fingerprint density at radius 2 is 1.71 bits per heavy atom. The number of hydrogen-bond donors (Lipinski definition) is 0. The smallest absolute Gasteiger partial charge is 0.420 e. The van der Waals surface area contributed by atoms with E-state index in [4.69, 9.17) is 19.2 Å². The van der Waals surface area contributed by atoms with Crippen molar-refractivity contribution in [1.29, 1.82) is 0 Å². The molecule has 1 aliphatic rings.